The Balaban J connectivity index is 1.67. The number of likely N-dealkylation sites (tertiary alicyclic amines) is 1. The molecule has 0 aromatic heterocycles. The summed E-state index contributed by atoms with van der Waals surface area (Å²) in [6.07, 6.45) is 8.75. The number of hydrogen-bond acceptors (Lipinski definition) is 2. The van der Waals surface area contributed by atoms with Crippen molar-refractivity contribution in [2.24, 2.45) is 28.4 Å². The van der Waals surface area contributed by atoms with Gasteiger partial charge < -0.3 is 10.6 Å². The number of piperidine rings is 1. The smallest absolute Gasteiger partial charge is 0.0842 e. The molecule has 29 heavy (non-hydrogen) atoms. The first-order valence-corrected chi connectivity index (χ1v) is 12.2. The van der Waals surface area contributed by atoms with Crippen LogP contribution in [0.15, 0.2) is 30.3 Å². The van der Waals surface area contributed by atoms with Gasteiger partial charge in [-0.1, -0.05) is 70.2 Å². The maximum Gasteiger partial charge on any atom is 0.0842 e. The van der Waals surface area contributed by atoms with Crippen molar-refractivity contribution < 1.29 is 0 Å². The summed E-state index contributed by atoms with van der Waals surface area (Å²) >= 11 is 6.34. The molecule has 2 saturated carbocycles. The molecular weight excluding hydrogens is 372 g/mol. The van der Waals surface area contributed by atoms with E-state index in [1.54, 1.807) is 5.56 Å². The average Bonchev–Trinajstić information content (AvgIpc) is 2.69. The third-order valence-electron chi connectivity index (χ3n) is 8.63. The predicted octanol–water partition coefficient (Wildman–Crippen LogP) is 5.94. The Labute approximate surface area is 183 Å². The molecule has 3 heteroatoms. The maximum atomic E-state index is 6.44. The number of nitrogens with zero attached hydrogens (tertiary/aromatic N) is 1. The number of thiocarbonyl (C=S) groups is 1. The summed E-state index contributed by atoms with van der Waals surface area (Å²) in [6.45, 7) is 11.5. The molecule has 2 aliphatic carbocycles. The van der Waals surface area contributed by atoms with Gasteiger partial charge in [-0.05, 0) is 73.2 Å². The van der Waals surface area contributed by atoms with Gasteiger partial charge in [-0.3, -0.25) is 0 Å². The molecule has 3 aliphatic rings. The van der Waals surface area contributed by atoms with Gasteiger partial charge in [0.15, 0.2) is 0 Å². The fourth-order valence-corrected chi connectivity index (χ4v) is 7.66. The van der Waals surface area contributed by atoms with Crippen LogP contribution in [0.5, 0.6) is 0 Å². The molecule has 4 unspecified atom stereocenters. The molecule has 0 spiro atoms. The minimum Gasteiger partial charge on any atom is -0.365 e. The first-order valence-electron chi connectivity index (χ1n) is 11.8. The Kier molecular flexibility index (Phi) is 5.61. The van der Waals surface area contributed by atoms with Crippen molar-refractivity contribution in [2.75, 3.05) is 13.1 Å². The monoisotopic (exact) mass is 412 g/mol. The van der Waals surface area contributed by atoms with E-state index >= 15 is 0 Å². The predicted molar refractivity (Wildman–Crippen MR) is 127 cm³/mol. The van der Waals surface area contributed by atoms with Crippen molar-refractivity contribution in [3.8, 4) is 0 Å². The Bertz CT molecular complexity index is 740. The van der Waals surface area contributed by atoms with E-state index in [1.165, 1.54) is 37.1 Å². The van der Waals surface area contributed by atoms with Gasteiger partial charge >= 0.3 is 0 Å². The largest absolute Gasteiger partial charge is 0.365 e. The molecule has 2 nitrogen and oxygen atoms in total. The number of nitrogens with two attached hydrogens (primary N) is 1. The van der Waals surface area contributed by atoms with E-state index in [0.29, 0.717) is 5.41 Å². The van der Waals surface area contributed by atoms with Crippen molar-refractivity contribution >= 4 is 17.2 Å². The Morgan fingerprint density at radius 2 is 1.90 bits per heavy atom. The molecule has 160 valence electrons. The van der Waals surface area contributed by atoms with Gasteiger partial charge in [0.05, 0.1) is 4.99 Å². The number of fused-ring (bicyclic) bond motifs is 2. The second-order valence-electron chi connectivity index (χ2n) is 11.4. The Hall–Kier alpha value is -0.930. The average molecular weight is 413 g/mol. The van der Waals surface area contributed by atoms with Crippen LogP contribution in [0.3, 0.4) is 0 Å². The Morgan fingerprint density at radius 3 is 2.55 bits per heavy atom. The van der Waals surface area contributed by atoms with Crippen LogP contribution in [0.1, 0.15) is 78.2 Å². The molecule has 1 heterocycles. The van der Waals surface area contributed by atoms with Gasteiger partial charge in [0.2, 0.25) is 0 Å². The molecule has 1 aliphatic heterocycles. The molecule has 3 fully saturated rings. The fourth-order valence-electron chi connectivity index (χ4n) is 7.21. The summed E-state index contributed by atoms with van der Waals surface area (Å²) < 4.78 is 0. The zero-order valence-electron chi connectivity index (χ0n) is 18.9. The van der Waals surface area contributed by atoms with Crippen LogP contribution < -0.4 is 5.73 Å². The topological polar surface area (TPSA) is 29.3 Å². The van der Waals surface area contributed by atoms with E-state index in [0.717, 1.165) is 37.8 Å². The van der Waals surface area contributed by atoms with Gasteiger partial charge in [0, 0.05) is 24.5 Å². The highest BCUT2D eigenvalue weighted by Crippen LogP contribution is 2.60. The SMILES string of the molecule is CCC1(C(=S)N2CC[C@H](N)C(C)(C)C2)CC2CC(C)CC(c3ccccc3)(C2)C1. The Morgan fingerprint density at radius 1 is 1.17 bits per heavy atom. The summed E-state index contributed by atoms with van der Waals surface area (Å²) in [5, 5.41) is 0. The van der Waals surface area contributed by atoms with Gasteiger partial charge in [-0.15, -0.1) is 0 Å². The van der Waals surface area contributed by atoms with Gasteiger partial charge in [-0.25, -0.2) is 0 Å². The molecule has 2 N–H and O–H groups in total. The quantitative estimate of drug-likeness (QED) is 0.623. The van der Waals surface area contributed by atoms with E-state index in [9.17, 15) is 0 Å². The van der Waals surface area contributed by atoms with Crippen LogP contribution >= 0.6 is 12.2 Å². The summed E-state index contributed by atoms with van der Waals surface area (Å²) in [7, 11) is 0. The molecule has 1 saturated heterocycles. The molecule has 1 aromatic rings. The van der Waals surface area contributed by atoms with Crippen LogP contribution in [-0.2, 0) is 5.41 Å². The molecule has 0 radical (unpaired) electrons. The zero-order valence-corrected chi connectivity index (χ0v) is 19.7. The molecule has 0 amide bonds. The van der Waals surface area contributed by atoms with E-state index in [-0.39, 0.29) is 16.9 Å². The van der Waals surface area contributed by atoms with Crippen LogP contribution in [0, 0.1) is 22.7 Å². The van der Waals surface area contributed by atoms with E-state index in [1.807, 2.05) is 0 Å². The lowest BCUT2D eigenvalue weighted by Gasteiger charge is -2.58. The number of benzene rings is 1. The highest BCUT2D eigenvalue weighted by atomic mass is 32.1. The highest BCUT2D eigenvalue weighted by molar-refractivity contribution is 7.80. The lowest BCUT2D eigenvalue weighted by molar-refractivity contribution is 0.0350. The molecule has 2 bridgehead atoms. The summed E-state index contributed by atoms with van der Waals surface area (Å²) in [4.78, 5) is 3.80. The highest BCUT2D eigenvalue weighted by Gasteiger charge is 2.54. The van der Waals surface area contributed by atoms with Crippen molar-refractivity contribution in [3.05, 3.63) is 35.9 Å². The van der Waals surface area contributed by atoms with Crippen molar-refractivity contribution in [1.82, 2.24) is 4.90 Å². The molecule has 5 atom stereocenters. The van der Waals surface area contributed by atoms with Crippen molar-refractivity contribution in [2.45, 2.75) is 84.1 Å². The van der Waals surface area contributed by atoms with Gasteiger partial charge in [0.1, 0.15) is 0 Å². The van der Waals surface area contributed by atoms with Crippen LogP contribution in [0.25, 0.3) is 0 Å². The molecule has 4 rings (SSSR count). The van der Waals surface area contributed by atoms with E-state index in [2.05, 4.69) is 62.9 Å². The van der Waals surface area contributed by atoms with Gasteiger partial charge in [-0.2, -0.15) is 0 Å². The zero-order chi connectivity index (χ0) is 20.9. The summed E-state index contributed by atoms with van der Waals surface area (Å²) in [6, 6.07) is 11.7. The third-order valence-corrected chi connectivity index (χ3v) is 9.32. The van der Waals surface area contributed by atoms with E-state index < -0.39 is 0 Å². The van der Waals surface area contributed by atoms with Crippen molar-refractivity contribution in [1.29, 1.82) is 0 Å². The lowest BCUT2D eigenvalue weighted by Crippen LogP contribution is -2.59. The van der Waals surface area contributed by atoms with Crippen molar-refractivity contribution in [3.63, 3.8) is 0 Å². The van der Waals surface area contributed by atoms with Crippen LogP contribution in [0.4, 0.5) is 0 Å². The maximum absolute atomic E-state index is 6.44. The lowest BCUT2D eigenvalue weighted by atomic mass is 9.49. The van der Waals surface area contributed by atoms with Gasteiger partial charge in [0.25, 0.3) is 0 Å². The number of hydrogen-bond donors (Lipinski definition) is 1. The standard InChI is InChI=1S/C26H40N2S/c1-5-25(23(29)28-12-11-22(27)24(3,4)18-28)15-20-13-19(2)14-26(16-20,17-25)21-9-7-6-8-10-21/h6-10,19-20,22H,5,11-18,27H2,1-4H3/t19?,20?,22-,25?,26?/m0/s1. The second kappa shape index (κ2) is 7.64. The minimum absolute atomic E-state index is 0.132. The summed E-state index contributed by atoms with van der Waals surface area (Å²) in [5.41, 5.74) is 8.58. The van der Waals surface area contributed by atoms with E-state index in [4.69, 9.17) is 18.0 Å². The first kappa shape index (κ1) is 21.3. The first-order chi connectivity index (χ1) is 13.7. The molecule has 1 aromatic carbocycles. The number of rotatable bonds is 3. The van der Waals surface area contributed by atoms with Crippen LogP contribution in [-0.4, -0.2) is 29.0 Å². The normalized spacial score (nSPS) is 39.2. The third kappa shape index (κ3) is 3.78. The van der Waals surface area contributed by atoms with Crippen LogP contribution in [0.2, 0.25) is 0 Å². The molecular formula is C26H40N2S. The fraction of sp³-hybridized carbons (Fsp3) is 0.731. The summed E-state index contributed by atoms with van der Waals surface area (Å²) in [5.74, 6) is 1.61. The minimum atomic E-state index is 0.132. The second-order valence-corrected chi connectivity index (χ2v) is 11.8.